The first-order chi connectivity index (χ1) is 7.23. The van der Waals surface area contributed by atoms with E-state index in [0.29, 0.717) is 5.92 Å². The average molecular weight is 210 g/mol. The molecule has 0 aromatic rings. The van der Waals surface area contributed by atoms with Crippen molar-refractivity contribution >= 4 is 0 Å². The SMILES string of the molecule is C=C(C)CCC1CCCCC12OCCO2. The summed E-state index contributed by atoms with van der Waals surface area (Å²) in [6, 6.07) is 0. The lowest BCUT2D eigenvalue weighted by Gasteiger charge is -2.39. The van der Waals surface area contributed by atoms with Gasteiger partial charge in [-0.2, -0.15) is 0 Å². The van der Waals surface area contributed by atoms with Gasteiger partial charge in [0.1, 0.15) is 0 Å². The number of hydrogen-bond acceptors (Lipinski definition) is 2. The maximum absolute atomic E-state index is 5.87. The summed E-state index contributed by atoms with van der Waals surface area (Å²) >= 11 is 0. The van der Waals surface area contributed by atoms with Crippen molar-refractivity contribution in [3.05, 3.63) is 12.2 Å². The largest absolute Gasteiger partial charge is 0.347 e. The van der Waals surface area contributed by atoms with Gasteiger partial charge in [-0.3, -0.25) is 0 Å². The maximum Gasteiger partial charge on any atom is 0.171 e. The summed E-state index contributed by atoms with van der Waals surface area (Å²) < 4.78 is 11.7. The number of ether oxygens (including phenoxy) is 2. The van der Waals surface area contributed by atoms with Crippen LogP contribution in [0.1, 0.15) is 45.4 Å². The second-order valence-corrected chi connectivity index (χ2v) is 4.95. The number of rotatable bonds is 3. The van der Waals surface area contributed by atoms with Gasteiger partial charge in [0.05, 0.1) is 13.2 Å². The van der Waals surface area contributed by atoms with E-state index < -0.39 is 0 Å². The van der Waals surface area contributed by atoms with Gasteiger partial charge in [0, 0.05) is 12.3 Å². The van der Waals surface area contributed by atoms with E-state index in [4.69, 9.17) is 9.47 Å². The Kier molecular flexibility index (Phi) is 3.47. The zero-order valence-electron chi connectivity index (χ0n) is 9.76. The fraction of sp³-hybridized carbons (Fsp3) is 0.846. The molecular formula is C13H22O2. The van der Waals surface area contributed by atoms with Gasteiger partial charge >= 0.3 is 0 Å². The van der Waals surface area contributed by atoms with Crippen LogP contribution >= 0.6 is 0 Å². The van der Waals surface area contributed by atoms with Gasteiger partial charge in [0.15, 0.2) is 5.79 Å². The summed E-state index contributed by atoms with van der Waals surface area (Å²) in [5.41, 5.74) is 1.27. The highest BCUT2D eigenvalue weighted by atomic mass is 16.7. The molecule has 1 unspecified atom stereocenters. The van der Waals surface area contributed by atoms with Crippen LogP contribution in [0.4, 0.5) is 0 Å². The Morgan fingerprint density at radius 1 is 1.33 bits per heavy atom. The lowest BCUT2D eigenvalue weighted by molar-refractivity contribution is -0.213. The zero-order valence-corrected chi connectivity index (χ0v) is 9.76. The monoisotopic (exact) mass is 210 g/mol. The molecule has 0 aromatic heterocycles. The molecule has 0 aromatic carbocycles. The fourth-order valence-electron chi connectivity index (χ4n) is 2.82. The number of hydrogen-bond donors (Lipinski definition) is 0. The van der Waals surface area contributed by atoms with Crippen LogP contribution in [0.3, 0.4) is 0 Å². The molecule has 2 fully saturated rings. The standard InChI is InChI=1S/C13H22O2/c1-11(2)6-7-12-5-3-4-8-13(12)14-9-10-15-13/h12H,1,3-10H2,2H3. The molecule has 2 nitrogen and oxygen atoms in total. The van der Waals surface area contributed by atoms with Crippen LogP contribution in [0.5, 0.6) is 0 Å². The van der Waals surface area contributed by atoms with Crippen molar-refractivity contribution in [3.63, 3.8) is 0 Å². The average Bonchev–Trinajstić information content (AvgIpc) is 2.66. The zero-order chi connectivity index (χ0) is 10.7. The molecule has 2 rings (SSSR count). The van der Waals surface area contributed by atoms with Gasteiger partial charge < -0.3 is 9.47 Å². The minimum absolute atomic E-state index is 0.215. The molecule has 1 heterocycles. The highest BCUT2D eigenvalue weighted by Gasteiger charge is 2.45. The van der Waals surface area contributed by atoms with Crippen LogP contribution in [0.15, 0.2) is 12.2 Å². The normalized spacial score (nSPS) is 29.5. The molecule has 1 saturated heterocycles. The molecule has 0 amide bonds. The first kappa shape index (κ1) is 11.2. The highest BCUT2D eigenvalue weighted by Crippen LogP contribution is 2.42. The van der Waals surface area contributed by atoms with E-state index >= 15 is 0 Å². The van der Waals surface area contributed by atoms with E-state index in [1.165, 1.54) is 31.3 Å². The summed E-state index contributed by atoms with van der Waals surface area (Å²) in [6.45, 7) is 7.64. The summed E-state index contributed by atoms with van der Waals surface area (Å²) in [6.07, 6.45) is 7.22. The van der Waals surface area contributed by atoms with Crippen LogP contribution < -0.4 is 0 Å². The summed E-state index contributed by atoms with van der Waals surface area (Å²) in [5, 5.41) is 0. The summed E-state index contributed by atoms with van der Waals surface area (Å²) in [7, 11) is 0. The van der Waals surface area contributed by atoms with Crippen molar-refractivity contribution in [2.45, 2.75) is 51.2 Å². The maximum atomic E-state index is 5.87. The van der Waals surface area contributed by atoms with Crippen molar-refractivity contribution in [2.24, 2.45) is 5.92 Å². The predicted octanol–water partition coefficient (Wildman–Crippen LogP) is 3.28. The molecule has 2 heteroatoms. The van der Waals surface area contributed by atoms with E-state index in [1.807, 2.05) is 0 Å². The lowest BCUT2D eigenvalue weighted by atomic mass is 9.80. The first-order valence-corrected chi connectivity index (χ1v) is 6.15. The molecule has 1 atom stereocenters. The van der Waals surface area contributed by atoms with E-state index in [1.54, 1.807) is 0 Å². The molecule has 1 aliphatic heterocycles. The smallest absolute Gasteiger partial charge is 0.171 e. The molecule has 0 radical (unpaired) electrons. The molecular weight excluding hydrogens is 188 g/mol. The Labute approximate surface area is 92.6 Å². The Hall–Kier alpha value is -0.340. The van der Waals surface area contributed by atoms with Gasteiger partial charge in [0.25, 0.3) is 0 Å². The predicted molar refractivity (Wildman–Crippen MR) is 60.6 cm³/mol. The Morgan fingerprint density at radius 3 is 2.73 bits per heavy atom. The van der Waals surface area contributed by atoms with Crippen molar-refractivity contribution in [1.82, 2.24) is 0 Å². The fourth-order valence-corrected chi connectivity index (χ4v) is 2.82. The van der Waals surface area contributed by atoms with Crippen LogP contribution in [0.2, 0.25) is 0 Å². The van der Waals surface area contributed by atoms with Crippen molar-refractivity contribution in [3.8, 4) is 0 Å². The molecule has 0 N–H and O–H groups in total. The summed E-state index contributed by atoms with van der Waals surface area (Å²) in [5.74, 6) is 0.374. The van der Waals surface area contributed by atoms with E-state index in [9.17, 15) is 0 Å². The third kappa shape index (κ3) is 2.43. The van der Waals surface area contributed by atoms with Crippen LogP contribution in [-0.2, 0) is 9.47 Å². The summed E-state index contributed by atoms with van der Waals surface area (Å²) in [4.78, 5) is 0. The van der Waals surface area contributed by atoms with Crippen LogP contribution in [-0.4, -0.2) is 19.0 Å². The van der Waals surface area contributed by atoms with Crippen molar-refractivity contribution in [1.29, 1.82) is 0 Å². The Balaban J connectivity index is 1.96. The van der Waals surface area contributed by atoms with E-state index in [-0.39, 0.29) is 5.79 Å². The molecule has 1 spiro atoms. The Morgan fingerprint density at radius 2 is 2.07 bits per heavy atom. The molecule has 1 aliphatic carbocycles. The van der Waals surface area contributed by atoms with Gasteiger partial charge in [0.2, 0.25) is 0 Å². The van der Waals surface area contributed by atoms with Crippen molar-refractivity contribution < 1.29 is 9.47 Å². The first-order valence-electron chi connectivity index (χ1n) is 6.15. The third-order valence-electron chi connectivity index (χ3n) is 3.65. The topological polar surface area (TPSA) is 18.5 Å². The third-order valence-corrected chi connectivity index (χ3v) is 3.65. The number of allylic oxidation sites excluding steroid dienone is 1. The van der Waals surface area contributed by atoms with E-state index in [2.05, 4.69) is 13.5 Å². The van der Waals surface area contributed by atoms with Gasteiger partial charge in [-0.15, -0.1) is 6.58 Å². The minimum atomic E-state index is -0.215. The molecule has 0 bridgehead atoms. The second-order valence-electron chi connectivity index (χ2n) is 4.95. The molecule has 15 heavy (non-hydrogen) atoms. The van der Waals surface area contributed by atoms with Gasteiger partial charge in [-0.1, -0.05) is 12.0 Å². The highest BCUT2D eigenvalue weighted by molar-refractivity contribution is 4.93. The van der Waals surface area contributed by atoms with Gasteiger partial charge in [-0.25, -0.2) is 0 Å². The van der Waals surface area contributed by atoms with Gasteiger partial charge in [-0.05, 0) is 32.6 Å². The second kappa shape index (κ2) is 4.67. The van der Waals surface area contributed by atoms with E-state index in [0.717, 1.165) is 26.1 Å². The lowest BCUT2D eigenvalue weighted by Crippen LogP contribution is -2.41. The quantitative estimate of drug-likeness (QED) is 0.666. The molecule has 2 aliphatic rings. The molecule has 86 valence electrons. The van der Waals surface area contributed by atoms with Crippen LogP contribution in [0, 0.1) is 5.92 Å². The van der Waals surface area contributed by atoms with Crippen LogP contribution in [0.25, 0.3) is 0 Å². The molecule has 1 saturated carbocycles. The Bertz CT molecular complexity index is 229. The minimum Gasteiger partial charge on any atom is -0.347 e. The van der Waals surface area contributed by atoms with Crippen molar-refractivity contribution in [2.75, 3.05) is 13.2 Å².